The summed E-state index contributed by atoms with van der Waals surface area (Å²) in [7, 11) is 0. The number of hydrogen-bond acceptors (Lipinski definition) is 3. The second kappa shape index (κ2) is 5.96. The Morgan fingerprint density at radius 1 is 1.59 bits per heavy atom. The van der Waals surface area contributed by atoms with Crippen LogP contribution in [0.4, 0.5) is 0 Å². The molecule has 1 amide bonds. The molecule has 3 rings (SSSR count). The summed E-state index contributed by atoms with van der Waals surface area (Å²) in [5, 5.41) is 17.3. The third kappa shape index (κ3) is 2.66. The van der Waals surface area contributed by atoms with Crippen molar-refractivity contribution in [2.45, 2.75) is 51.3 Å². The first-order chi connectivity index (χ1) is 10.6. The van der Waals surface area contributed by atoms with Crippen molar-refractivity contribution in [3.8, 4) is 0 Å². The molecule has 1 saturated carbocycles. The van der Waals surface area contributed by atoms with Crippen LogP contribution in [0.15, 0.2) is 24.7 Å². The van der Waals surface area contributed by atoms with E-state index in [9.17, 15) is 9.90 Å². The summed E-state index contributed by atoms with van der Waals surface area (Å²) in [5.74, 6) is -0.0875. The van der Waals surface area contributed by atoms with Gasteiger partial charge in [-0.25, -0.2) is 0 Å². The number of nitrogens with zero attached hydrogens (tertiary/aromatic N) is 2. The number of H-pyrrole nitrogens is 1. The van der Waals surface area contributed by atoms with Gasteiger partial charge in [-0.05, 0) is 31.4 Å². The third-order valence-corrected chi connectivity index (χ3v) is 4.23. The molecule has 22 heavy (non-hydrogen) atoms. The van der Waals surface area contributed by atoms with Gasteiger partial charge in [0, 0.05) is 18.1 Å². The fourth-order valence-corrected chi connectivity index (χ4v) is 3.03. The molecule has 118 valence electrons. The second-order valence-electron chi connectivity index (χ2n) is 5.99. The van der Waals surface area contributed by atoms with Crippen molar-refractivity contribution < 1.29 is 9.90 Å². The number of hydrogen-bond donors (Lipinski definition) is 3. The molecule has 2 heterocycles. The topological polar surface area (TPSA) is 82.9 Å². The summed E-state index contributed by atoms with van der Waals surface area (Å²) >= 11 is 0. The minimum Gasteiger partial charge on any atom is -0.391 e. The predicted octanol–water partition coefficient (Wildman–Crippen LogP) is 1.58. The van der Waals surface area contributed by atoms with Gasteiger partial charge in [-0.15, -0.1) is 0 Å². The normalized spacial score (nSPS) is 24.0. The van der Waals surface area contributed by atoms with E-state index in [1.54, 1.807) is 17.1 Å². The van der Waals surface area contributed by atoms with E-state index in [0.717, 1.165) is 24.1 Å². The van der Waals surface area contributed by atoms with E-state index in [1.165, 1.54) is 0 Å². The molecule has 0 bridgehead atoms. The van der Waals surface area contributed by atoms with Crippen molar-refractivity contribution in [1.82, 2.24) is 20.1 Å². The van der Waals surface area contributed by atoms with Gasteiger partial charge in [0.2, 0.25) is 0 Å². The number of aliphatic hydroxyl groups is 1. The monoisotopic (exact) mass is 302 g/mol. The summed E-state index contributed by atoms with van der Waals surface area (Å²) in [4.78, 5) is 15.6. The van der Waals surface area contributed by atoms with Crippen LogP contribution >= 0.6 is 0 Å². The molecule has 2 aromatic rings. The summed E-state index contributed by atoms with van der Waals surface area (Å²) in [6, 6.07) is 1.53. The number of aromatic nitrogens is 3. The molecular weight excluding hydrogens is 280 g/mol. The number of nitrogens with one attached hydrogen (secondary N) is 2. The first-order valence-electron chi connectivity index (χ1n) is 7.76. The maximum absolute atomic E-state index is 12.5. The highest BCUT2D eigenvalue weighted by Gasteiger charge is 2.43. The Balaban J connectivity index is 1.70. The molecule has 2 aromatic heterocycles. The highest BCUT2D eigenvalue weighted by molar-refractivity contribution is 5.95. The maximum Gasteiger partial charge on any atom is 0.253 e. The van der Waals surface area contributed by atoms with Gasteiger partial charge < -0.3 is 15.4 Å². The number of aliphatic hydroxyl groups excluding tert-OH is 1. The van der Waals surface area contributed by atoms with Crippen molar-refractivity contribution in [1.29, 1.82) is 0 Å². The Hall–Kier alpha value is -2.08. The zero-order valence-corrected chi connectivity index (χ0v) is 12.9. The molecule has 0 unspecified atom stereocenters. The highest BCUT2D eigenvalue weighted by atomic mass is 16.3. The summed E-state index contributed by atoms with van der Waals surface area (Å²) in [6.07, 6.45) is 7.38. The predicted molar refractivity (Wildman–Crippen MR) is 82.7 cm³/mol. The van der Waals surface area contributed by atoms with E-state index < -0.39 is 6.10 Å². The first-order valence-corrected chi connectivity index (χ1v) is 7.76. The zero-order valence-electron chi connectivity index (χ0n) is 12.9. The van der Waals surface area contributed by atoms with E-state index in [4.69, 9.17) is 0 Å². The number of aryl methyl sites for hydroxylation is 2. The average molecular weight is 302 g/mol. The SMILES string of the molecule is CCCc1[nH]ccc1C(=O)N[C@H]1C[C@@H](O)[C@@H]1n1cc(C)cn1. The third-order valence-electron chi connectivity index (χ3n) is 4.23. The van der Waals surface area contributed by atoms with Crippen LogP contribution in [0.5, 0.6) is 0 Å². The Kier molecular flexibility index (Phi) is 4.02. The molecule has 3 N–H and O–H groups in total. The number of amides is 1. The van der Waals surface area contributed by atoms with Crippen molar-refractivity contribution in [3.05, 3.63) is 41.5 Å². The van der Waals surface area contributed by atoms with Gasteiger partial charge in [0.25, 0.3) is 5.91 Å². The van der Waals surface area contributed by atoms with E-state index in [0.29, 0.717) is 12.0 Å². The average Bonchev–Trinajstić information content (AvgIpc) is 3.08. The molecule has 0 aromatic carbocycles. The van der Waals surface area contributed by atoms with Crippen LogP contribution in [0.2, 0.25) is 0 Å². The molecule has 6 heteroatoms. The highest BCUT2D eigenvalue weighted by Crippen LogP contribution is 2.32. The van der Waals surface area contributed by atoms with Crippen LogP contribution in [0.1, 0.15) is 47.4 Å². The van der Waals surface area contributed by atoms with Crippen LogP contribution < -0.4 is 5.32 Å². The van der Waals surface area contributed by atoms with Gasteiger partial charge in [-0.1, -0.05) is 13.3 Å². The molecule has 0 saturated heterocycles. The fourth-order valence-electron chi connectivity index (χ4n) is 3.03. The van der Waals surface area contributed by atoms with E-state index in [-0.39, 0.29) is 18.0 Å². The second-order valence-corrected chi connectivity index (χ2v) is 5.99. The molecule has 0 aliphatic heterocycles. The summed E-state index contributed by atoms with van der Waals surface area (Å²) < 4.78 is 1.75. The Morgan fingerprint density at radius 3 is 3.05 bits per heavy atom. The summed E-state index contributed by atoms with van der Waals surface area (Å²) in [5.41, 5.74) is 2.70. The largest absolute Gasteiger partial charge is 0.391 e. The Labute approximate surface area is 129 Å². The lowest BCUT2D eigenvalue weighted by molar-refractivity contribution is -0.00590. The van der Waals surface area contributed by atoms with Gasteiger partial charge in [0.05, 0.1) is 29.9 Å². The number of carbonyl (C=O) groups excluding carboxylic acids is 1. The molecule has 6 nitrogen and oxygen atoms in total. The Bertz CT molecular complexity index is 661. The number of aromatic amines is 1. The van der Waals surface area contributed by atoms with Crippen LogP contribution in [0.3, 0.4) is 0 Å². The number of carbonyl (C=O) groups is 1. The lowest BCUT2D eigenvalue weighted by Crippen LogP contribution is -2.56. The van der Waals surface area contributed by atoms with E-state index in [2.05, 4.69) is 22.3 Å². The molecular formula is C16H22N4O2. The van der Waals surface area contributed by atoms with Gasteiger partial charge in [-0.3, -0.25) is 9.48 Å². The molecule has 0 spiro atoms. The van der Waals surface area contributed by atoms with Crippen molar-refractivity contribution >= 4 is 5.91 Å². The van der Waals surface area contributed by atoms with Crippen LogP contribution in [-0.4, -0.2) is 37.9 Å². The molecule has 1 fully saturated rings. The van der Waals surface area contributed by atoms with Crippen molar-refractivity contribution in [2.75, 3.05) is 0 Å². The molecule has 0 radical (unpaired) electrons. The fraction of sp³-hybridized carbons (Fsp3) is 0.500. The zero-order chi connectivity index (χ0) is 15.7. The van der Waals surface area contributed by atoms with E-state index >= 15 is 0 Å². The molecule has 1 aliphatic carbocycles. The lowest BCUT2D eigenvalue weighted by atomic mass is 9.83. The van der Waals surface area contributed by atoms with Gasteiger partial charge in [0.15, 0.2) is 0 Å². The van der Waals surface area contributed by atoms with Crippen molar-refractivity contribution in [3.63, 3.8) is 0 Å². The van der Waals surface area contributed by atoms with Crippen LogP contribution in [-0.2, 0) is 6.42 Å². The minimum atomic E-state index is -0.467. The first kappa shape index (κ1) is 14.8. The smallest absolute Gasteiger partial charge is 0.253 e. The van der Waals surface area contributed by atoms with Gasteiger partial charge in [-0.2, -0.15) is 5.10 Å². The van der Waals surface area contributed by atoms with Gasteiger partial charge >= 0.3 is 0 Å². The van der Waals surface area contributed by atoms with Crippen LogP contribution in [0.25, 0.3) is 0 Å². The van der Waals surface area contributed by atoms with Crippen LogP contribution in [0, 0.1) is 6.92 Å². The Morgan fingerprint density at radius 2 is 2.41 bits per heavy atom. The lowest BCUT2D eigenvalue weighted by Gasteiger charge is -2.41. The van der Waals surface area contributed by atoms with Crippen molar-refractivity contribution in [2.24, 2.45) is 0 Å². The summed E-state index contributed by atoms with van der Waals surface area (Å²) in [6.45, 7) is 4.04. The standard InChI is InChI=1S/C16H22N4O2/c1-3-4-12-11(5-6-17-12)16(22)19-13-7-14(21)15(13)20-9-10(2)8-18-20/h5-6,8-9,13-15,17,21H,3-4,7H2,1-2H3,(H,19,22)/t13-,14+,15+/m0/s1. The van der Waals surface area contributed by atoms with E-state index in [1.807, 2.05) is 19.2 Å². The number of rotatable bonds is 5. The quantitative estimate of drug-likeness (QED) is 0.784. The minimum absolute atomic E-state index is 0.0875. The maximum atomic E-state index is 12.5. The molecule has 3 atom stereocenters. The molecule has 1 aliphatic rings. The van der Waals surface area contributed by atoms with Gasteiger partial charge in [0.1, 0.15) is 0 Å².